The highest BCUT2D eigenvalue weighted by atomic mass is 16.5. The molecular weight excluding hydrogens is 695 g/mol. The largest absolute Gasteiger partial charge is 0.462 e. The van der Waals surface area contributed by atoms with Crippen LogP contribution in [-0.4, -0.2) is 46.9 Å². The molecule has 3 unspecified atom stereocenters. The molecule has 0 aliphatic rings. The Morgan fingerprint density at radius 2 is 0.964 bits per heavy atom. The molecule has 0 rings (SSSR count). The molecule has 0 aromatic carbocycles. The standard InChI is InChI=1S/C50H93NO5/c1-4-7-10-13-16-18-20-22-24-26-28-30-33-36-39-42-48(53)47(45-52)51-49(54)44-46(41-38-35-32-15-12-9-6-3)56-50(55)43-40-37-34-31-29-27-25-23-21-19-17-14-11-8-5-2/h8,11,14,17,19,21,46-48,52-53H,4-7,9-10,12-13,15-16,18,20,22-45H2,1-3H3,(H,51,54)/b11-8+,17-14+,21-19+. The summed E-state index contributed by atoms with van der Waals surface area (Å²) in [6, 6.07) is -0.698. The number of nitrogens with one attached hydrogen (secondary N) is 1. The second-order valence-corrected chi connectivity index (χ2v) is 16.6. The summed E-state index contributed by atoms with van der Waals surface area (Å²) in [6.07, 6.45) is 50.7. The van der Waals surface area contributed by atoms with Crippen molar-refractivity contribution in [2.45, 2.75) is 264 Å². The normalized spacial score (nSPS) is 13.6. The number of ether oxygens (including phenoxy) is 1. The van der Waals surface area contributed by atoms with Gasteiger partial charge in [-0.25, -0.2) is 0 Å². The third-order valence-electron chi connectivity index (χ3n) is 11.0. The van der Waals surface area contributed by atoms with Crippen molar-refractivity contribution in [1.82, 2.24) is 5.32 Å². The molecule has 0 saturated heterocycles. The van der Waals surface area contributed by atoms with Crippen molar-refractivity contribution in [3.05, 3.63) is 36.5 Å². The van der Waals surface area contributed by atoms with Crippen LogP contribution < -0.4 is 5.32 Å². The molecule has 0 aliphatic carbocycles. The molecule has 0 saturated carbocycles. The highest BCUT2D eigenvalue weighted by Gasteiger charge is 2.24. The van der Waals surface area contributed by atoms with Crippen molar-refractivity contribution in [1.29, 1.82) is 0 Å². The molecule has 0 heterocycles. The topological polar surface area (TPSA) is 95.9 Å². The predicted octanol–water partition coefficient (Wildman–Crippen LogP) is 14.1. The molecule has 0 aromatic rings. The van der Waals surface area contributed by atoms with E-state index >= 15 is 0 Å². The van der Waals surface area contributed by atoms with Gasteiger partial charge in [-0.15, -0.1) is 0 Å². The monoisotopic (exact) mass is 788 g/mol. The molecule has 56 heavy (non-hydrogen) atoms. The Labute approximate surface area is 347 Å². The van der Waals surface area contributed by atoms with Crippen LogP contribution in [0.3, 0.4) is 0 Å². The van der Waals surface area contributed by atoms with Crippen LogP contribution in [0.4, 0.5) is 0 Å². The van der Waals surface area contributed by atoms with E-state index in [0.717, 1.165) is 64.2 Å². The number of aliphatic hydroxyl groups excluding tert-OH is 2. The lowest BCUT2D eigenvalue weighted by Gasteiger charge is -2.24. The molecule has 6 heteroatoms. The minimum atomic E-state index is -0.785. The highest BCUT2D eigenvalue weighted by molar-refractivity contribution is 5.77. The second-order valence-electron chi connectivity index (χ2n) is 16.6. The first-order chi connectivity index (χ1) is 27.5. The number of amides is 1. The Morgan fingerprint density at radius 1 is 0.536 bits per heavy atom. The van der Waals surface area contributed by atoms with Gasteiger partial charge in [0.2, 0.25) is 5.91 Å². The number of hydrogen-bond donors (Lipinski definition) is 3. The van der Waals surface area contributed by atoms with Crippen LogP contribution in [-0.2, 0) is 14.3 Å². The van der Waals surface area contributed by atoms with E-state index in [1.807, 2.05) is 0 Å². The van der Waals surface area contributed by atoms with E-state index in [1.54, 1.807) is 0 Å². The number of carbonyl (C=O) groups is 2. The lowest BCUT2D eigenvalue weighted by atomic mass is 10.0. The van der Waals surface area contributed by atoms with Crippen LogP contribution in [0.5, 0.6) is 0 Å². The molecule has 328 valence electrons. The summed E-state index contributed by atoms with van der Waals surface area (Å²) < 4.78 is 5.88. The number of allylic oxidation sites excluding steroid dienone is 6. The molecule has 0 radical (unpaired) electrons. The molecule has 0 fully saturated rings. The first-order valence-corrected chi connectivity index (χ1v) is 24.2. The average Bonchev–Trinajstić information content (AvgIpc) is 3.19. The van der Waals surface area contributed by atoms with E-state index in [-0.39, 0.29) is 24.9 Å². The SMILES string of the molecule is CC/C=C/C=C/C=C/CCCCCCCCCC(=O)OC(CCCCCCCCC)CC(=O)NC(CO)C(O)CCCCCCCCCCCCCCCCC. The Kier molecular flexibility index (Phi) is 42.7. The van der Waals surface area contributed by atoms with Crippen LogP contribution in [0, 0.1) is 0 Å². The van der Waals surface area contributed by atoms with Crippen LogP contribution in [0.15, 0.2) is 36.5 Å². The average molecular weight is 788 g/mol. The zero-order valence-corrected chi connectivity index (χ0v) is 37.3. The molecule has 0 bridgehead atoms. The molecule has 1 amide bonds. The van der Waals surface area contributed by atoms with Gasteiger partial charge in [-0.05, 0) is 44.9 Å². The summed E-state index contributed by atoms with van der Waals surface area (Å²) in [5.74, 6) is -0.486. The number of unbranched alkanes of at least 4 members (excludes halogenated alkanes) is 27. The van der Waals surface area contributed by atoms with Crippen LogP contribution in [0.1, 0.15) is 245 Å². The number of carbonyl (C=O) groups excluding carboxylic acids is 2. The van der Waals surface area contributed by atoms with E-state index in [9.17, 15) is 19.8 Å². The summed E-state index contributed by atoms with van der Waals surface area (Å²) in [7, 11) is 0. The third-order valence-corrected chi connectivity index (χ3v) is 11.0. The molecular formula is C50H93NO5. The Hall–Kier alpha value is -1.92. The molecule has 0 spiro atoms. The fourth-order valence-corrected chi connectivity index (χ4v) is 7.37. The number of aliphatic hydroxyl groups is 2. The fraction of sp³-hybridized carbons (Fsp3) is 0.840. The van der Waals surface area contributed by atoms with Crippen molar-refractivity contribution in [2.75, 3.05) is 6.61 Å². The zero-order chi connectivity index (χ0) is 41.0. The van der Waals surface area contributed by atoms with Crippen molar-refractivity contribution < 1.29 is 24.5 Å². The second kappa shape index (κ2) is 44.2. The summed E-state index contributed by atoms with van der Waals surface area (Å²) in [6.45, 7) is 6.32. The van der Waals surface area contributed by atoms with Crippen LogP contribution in [0.2, 0.25) is 0 Å². The quantitative estimate of drug-likeness (QED) is 0.0325. The van der Waals surface area contributed by atoms with Crippen molar-refractivity contribution >= 4 is 11.9 Å². The fourth-order valence-electron chi connectivity index (χ4n) is 7.37. The van der Waals surface area contributed by atoms with Gasteiger partial charge in [0.05, 0.1) is 25.2 Å². The van der Waals surface area contributed by atoms with Gasteiger partial charge in [-0.2, -0.15) is 0 Å². The van der Waals surface area contributed by atoms with Crippen molar-refractivity contribution in [3.63, 3.8) is 0 Å². The van der Waals surface area contributed by atoms with E-state index in [0.29, 0.717) is 19.3 Å². The van der Waals surface area contributed by atoms with Gasteiger partial charge in [0.15, 0.2) is 0 Å². The van der Waals surface area contributed by atoms with Gasteiger partial charge in [-0.3, -0.25) is 9.59 Å². The maximum atomic E-state index is 13.1. The van der Waals surface area contributed by atoms with Gasteiger partial charge in [0, 0.05) is 6.42 Å². The minimum Gasteiger partial charge on any atom is -0.462 e. The summed E-state index contributed by atoms with van der Waals surface area (Å²) in [4.78, 5) is 25.9. The van der Waals surface area contributed by atoms with Gasteiger partial charge in [-0.1, -0.05) is 224 Å². The van der Waals surface area contributed by atoms with Crippen molar-refractivity contribution in [3.8, 4) is 0 Å². The molecule has 6 nitrogen and oxygen atoms in total. The summed E-state index contributed by atoms with van der Waals surface area (Å²) in [5.41, 5.74) is 0. The summed E-state index contributed by atoms with van der Waals surface area (Å²) >= 11 is 0. The lowest BCUT2D eigenvalue weighted by molar-refractivity contribution is -0.151. The minimum absolute atomic E-state index is 0.0745. The zero-order valence-electron chi connectivity index (χ0n) is 37.3. The number of esters is 1. The first kappa shape index (κ1) is 54.1. The molecule has 0 aromatic heterocycles. The van der Waals surface area contributed by atoms with E-state index in [1.165, 1.54) is 135 Å². The smallest absolute Gasteiger partial charge is 0.306 e. The molecule has 0 aliphatic heterocycles. The van der Waals surface area contributed by atoms with Crippen molar-refractivity contribution in [2.24, 2.45) is 0 Å². The van der Waals surface area contributed by atoms with E-state index in [4.69, 9.17) is 4.74 Å². The van der Waals surface area contributed by atoms with Gasteiger partial charge in [0.1, 0.15) is 6.10 Å². The van der Waals surface area contributed by atoms with Crippen LogP contribution >= 0.6 is 0 Å². The summed E-state index contributed by atoms with van der Waals surface area (Å²) in [5, 5.41) is 23.7. The van der Waals surface area contributed by atoms with Crippen LogP contribution in [0.25, 0.3) is 0 Å². The lowest BCUT2D eigenvalue weighted by Crippen LogP contribution is -2.46. The predicted molar refractivity (Wildman–Crippen MR) is 241 cm³/mol. The molecule has 3 atom stereocenters. The van der Waals surface area contributed by atoms with Gasteiger partial charge < -0.3 is 20.3 Å². The highest BCUT2D eigenvalue weighted by Crippen LogP contribution is 2.18. The van der Waals surface area contributed by atoms with Gasteiger partial charge >= 0.3 is 5.97 Å². The Morgan fingerprint density at radius 3 is 1.45 bits per heavy atom. The number of rotatable bonds is 43. The maximum absolute atomic E-state index is 13.1. The molecule has 3 N–H and O–H groups in total. The van der Waals surface area contributed by atoms with E-state index < -0.39 is 18.2 Å². The first-order valence-electron chi connectivity index (χ1n) is 24.2. The van der Waals surface area contributed by atoms with E-state index in [2.05, 4.69) is 62.5 Å². The maximum Gasteiger partial charge on any atom is 0.306 e. The van der Waals surface area contributed by atoms with Gasteiger partial charge in [0.25, 0.3) is 0 Å². The Bertz CT molecular complexity index is 930. The Balaban J connectivity index is 4.38. The third kappa shape index (κ3) is 38.9. The number of hydrogen-bond acceptors (Lipinski definition) is 5.